The van der Waals surface area contributed by atoms with Gasteiger partial charge in [0, 0.05) is 40.5 Å². The molecule has 0 spiro atoms. The minimum absolute atomic E-state index is 0.0427. The molecule has 0 bridgehead atoms. The van der Waals surface area contributed by atoms with Gasteiger partial charge in [-0.2, -0.15) is 0 Å². The van der Waals surface area contributed by atoms with E-state index in [1.54, 1.807) is 18.2 Å². The summed E-state index contributed by atoms with van der Waals surface area (Å²) in [6.45, 7) is 0.505. The van der Waals surface area contributed by atoms with Crippen molar-refractivity contribution in [3.05, 3.63) is 112 Å². The number of carbonyl (C=O) groups is 2. The van der Waals surface area contributed by atoms with Gasteiger partial charge in [-0.05, 0) is 60.0 Å². The molecule has 0 aliphatic rings. The van der Waals surface area contributed by atoms with Crippen molar-refractivity contribution in [2.24, 2.45) is 0 Å². The van der Waals surface area contributed by atoms with E-state index < -0.39 is 11.8 Å². The van der Waals surface area contributed by atoms with Gasteiger partial charge >= 0.3 is 5.97 Å². The number of nitrogens with one attached hydrogen (secondary N) is 1. The van der Waals surface area contributed by atoms with E-state index in [4.69, 9.17) is 11.6 Å². The third-order valence-electron chi connectivity index (χ3n) is 5.36. The second-order valence-corrected chi connectivity index (χ2v) is 8.06. The fraction of sp³-hybridized carbons (Fsp3) is 0.115. The van der Waals surface area contributed by atoms with Gasteiger partial charge in [0.05, 0.1) is 11.3 Å². The van der Waals surface area contributed by atoms with Gasteiger partial charge < -0.3 is 10.4 Å². The Morgan fingerprint density at radius 1 is 0.939 bits per heavy atom. The summed E-state index contributed by atoms with van der Waals surface area (Å²) in [6.07, 6.45) is 2.37. The molecule has 7 heteroatoms. The second kappa shape index (κ2) is 9.79. The highest BCUT2D eigenvalue weighted by Crippen LogP contribution is 2.24. The van der Waals surface area contributed by atoms with Crippen molar-refractivity contribution in [3.63, 3.8) is 0 Å². The maximum absolute atomic E-state index is 13.7. The third kappa shape index (κ3) is 5.35. The normalized spacial score (nSPS) is 10.8. The SMILES string of the molecule is O=C(NCCc1ccc(Cl)cc1)c1ccc(Cc2ncc(C(=O)O)c3cc(F)ccc23)cc1. The Hall–Kier alpha value is -3.77. The quantitative estimate of drug-likeness (QED) is 0.391. The number of halogens is 2. The molecule has 0 radical (unpaired) electrons. The molecule has 0 atom stereocenters. The number of rotatable bonds is 7. The fourth-order valence-electron chi connectivity index (χ4n) is 3.62. The number of carboxylic acids is 1. The molecule has 3 aromatic carbocycles. The molecule has 0 aliphatic heterocycles. The molecule has 1 heterocycles. The number of hydrogen-bond acceptors (Lipinski definition) is 3. The lowest BCUT2D eigenvalue weighted by Crippen LogP contribution is -2.25. The van der Waals surface area contributed by atoms with E-state index >= 15 is 0 Å². The van der Waals surface area contributed by atoms with Crippen LogP contribution in [-0.2, 0) is 12.8 Å². The predicted molar refractivity (Wildman–Crippen MR) is 125 cm³/mol. The summed E-state index contributed by atoms with van der Waals surface area (Å²) in [6, 6.07) is 18.7. The van der Waals surface area contributed by atoms with E-state index in [9.17, 15) is 19.1 Å². The zero-order valence-corrected chi connectivity index (χ0v) is 18.3. The largest absolute Gasteiger partial charge is 0.478 e. The summed E-state index contributed by atoms with van der Waals surface area (Å²) in [4.78, 5) is 28.2. The summed E-state index contributed by atoms with van der Waals surface area (Å²) in [7, 11) is 0. The van der Waals surface area contributed by atoms with E-state index in [1.165, 1.54) is 18.3 Å². The number of pyridine rings is 1. The lowest BCUT2D eigenvalue weighted by Gasteiger charge is -2.10. The molecule has 2 N–H and O–H groups in total. The number of carbonyl (C=O) groups excluding carboxylic acids is 1. The summed E-state index contributed by atoms with van der Waals surface area (Å²) in [5.74, 6) is -1.83. The first-order valence-corrected chi connectivity index (χ1v) is 10.7. The van der Waals surface area contributed by atoms with Gasteiger partial charge in [0.1, 0.15) is 5.82 Å². The lowest BCUT2D eigenvalue weighted by atomic mass is 10.00. The number of hydrogen-bond donors (Lipinski definition) is 2. The monoisotopic (exact) mass is 462 g/mol. The Morgan fingerprint density at radius 3 is 2.33 bits per heavy atom. The van der Waals surface area contributed by atoms with Crippen LogP contribution in [0.5, 0.6) is 0 Å². The van der Waals surface area contributed by atoms with Crippen LogP contribution in [-0.4, -0.2) is 28.5 Å². The van der Waals surface area contributed by atoms with Crippen molar-refractivity contribution in [3.8, 4) is 0 Å². The molecule has 166 valence electrons. The summed E-state index contributed by atoms with van der Waals surface area (Å²) < 4.78 is 13.7. The topological polar surface area (TPSA) is 79.3 Å². The third-order valence-corrected chi connectivity index (χ3v) is 5.61. The van der Waals surface area contributed by atoms with Crippen LogP contribution >= 0.6 is 11.6 Å². The zero-order chi connectivity index (χ0) is 23.4. The number of fused-ring (bicyclic) bond motifs is 1. The fourth-order valence-corrected chi connectivity index (χ4v) is 3.75. The van der Waals surface area contributed by atoms with Crippen LogP contribution in [0, 0.1) is 5.82 Å². The molecule has 0 aliphatic carbocycles. The Labute approximate surface area is 194 Å². The first-order chi connectivity index (χ1) is 15.9. The average Bonchev–Trinajstić information content (AvgIpc) is 2.80. The summed E-state index contributed by atoms with van der Waals surface area (Å²) in [5, 5.41) is 13.8. The van der Waals surface area contributed by atoms with E-state index in [0.29, 0.717) is 46.4 Å². The van der Waals surface area contributed by atoms with Gasteiger partial charge in [-0.25, -0.2) is 9.18 Å². The lowest BCUT2D eigenvalue weighted by molar-refractivity contribution is 0.0698. The molecular weight excluding hydrogens is 443 g/mol. The van der Waals surface area contributed by atoms with Gasteiger partial charge in [-0.3, -0.25) is 9.78 Å². The first-order valence-electron chi connectivity index (χ1n) is 10.3. The number of carboxylic acid groups (broad SMARTS) is 1. The minimum atomic E-state index is -1.16. The average molecular weight is 463 g/mol. The summed E-state index contributed by atoms with van der Waals surface area (Å²) in [5.41, 5.74) is 3.11. The van der Waals surface area contributed by atoms with Crippen molar-refractivity contribution in [1.29, 1.82) is 0 Å². The summed E-state index contributed by atoms with van der Waals surface area (Å²) >= 11 is 5.88. The molecule has 33 heavy (non-hydrogen) atoms. The molecule has 0 saturated heterocycles. The molecule has 1 aromatic heterocycles. The highest BCUT2D eigenvalue weighted by atomic mass is 35.5. The van der Waals surface area contributed by atoms with Crippen LogP contribution in [0.3, 0.4) is 0 Å². The van der Waals surface area contributed by atoms with Gasteiger partial charge in [0.15, 0.2) is 0 Å². The number of aromatic nitrogens is 1. The Morgan fingerprint density at radius 2 is 1.64 bits per heavy atom. The van der Waals surface area contributed by atoms with Crippen LogP contribution in [0.2, 0.25) is 5.02 Å². The van der Waals surface area contributed by atoms with Crippen molar-refractivity contribution in [1.82, 2.24) is 10.3 Å². The number of nitrogens with zero attached hydrogens (tertiary/aromatic N) is 1. The van der Waals surface area contributed by atoms with Crippen molar-refractivity contribution in [2.45, 2.75) is 12.8 Å². The smallest absolute Gasteiger partial charge is 0.337 e. The van der Waals surface area contributed by atoms with Crippen LogP contribution in [0.15, 0.2) is 72.9 Å². The maximum atomic E-state index is 13.7. The number of benzene rings is 3. The molecule has 0 fully saturated rings. The number of amides is 1. The predicted octanol–water partition coefficient (Wildman–Crippen LogP) is 5.29. The molecule has 1 amide bonds. The van der Waals surface area contributed by atoms with E-state index in [0.717, 1.165) is 11.1 Å². The highest BCUT2D eigenvalue weighted by Gasteiger charge is 2.14. The first kappa shape index (κ1) is 22.4. The molecule has 4 aromatic rings. The van der Waals surface area contributed by atoms with E-state index in [2.05, 4.69) is 10.3 Å². The molecule has 0 saturated carbocycles. The molecule has 5 nitrogen and oxygen atoms in total. The Bertz CT molecular complexity index is 1320. The second-order valence-electron chi connectivity index (χ2n) is 7.62. The van der Waals surface area contributed by atoms with Crippen LogP contribution in [0.1, 0.15) is 37.5 Å². The van der Waals surface area contributed by atoms with Crippen LogP contribution in [0.4, 0.5) is 4.39 Å². The van der Waals surface area contributed by atoms with Gasteiger partial charge in [0.25, 0.3) is 5.91 Å². The van der Waals surface area contributed by atoms with Gasteiger partial charge in [0.2, 0.25) is 0 Å². The maximum Gasteiger partial charge on any atom is 0.337 e. The van der Waals surface area contributed by atoms with Gasteiger partial charge in [-0.15, -0.1) is 0 Å². The molecule has 0 unspecified atom stereocenters. The zero-order valence-electron chi connectivity index (χ0n) is 17.5. The highest BCUT2D eigenvalue weighted by molar-refractivity contribution is 6.30. The molecular formula is C26H20ClFN2O3. The van der Waals surface area contributed by atoms with Gasteiger partial charge in [-0.1, -0.05) is 35.9 Å². The van der Waals surface area contributed by atoms with Crippen molar-refractivity contribution < 1.29 is 19.1 Å². The number of aromatic carboxylic acids is 1. The van der Waals surface area contributed by atoms with E-state index in [1.807, 2.05) is 36.4 Å². The van der Waals surface area contributed by atoms with E-state index in [-0.39, 0.29) is 11.5 Å². The molecule has 4 rings (SSSR count). The Balaban J connectivity index is 1.44. The van der Waals surface area contributed by atoms with Crippen LogP contribution < -0.4 is 5.32 Å². The van der Waals surface area contributed by atoms with Crippen molar-refractivity contribution in [2.75, 3.05) is 6.54 Å². The Kier molecular flexibility index (Phi) is 6.66. The minimum Gasteiger partial charge on any atom is -0.478 e. The van der Waals surface area contributed by atoms with Crippen LogP contribution in [0.25, 0.3) is 10.8 Å². The van der Waals surface area contributed by atoms with Crippen molar-refractivity contribution >= 4 is 34.2 Å². The standard InChI is InChI=1S/C26H20ClFN2O3/c27-19-7-3-16(4-8-19)11-12-29-25(31)18-5-1-17(2-6-18)13-24-21-10-9-20(28)14-22(21)23(15-30-24)26(32)33/h1-10,14-15H,11-13H2,(H,29,31)(H,32,33).